The number of benzene rings is 1. The fourth-order valence-electron chi connectivity index (χ4n) is 3.50. The van der Waals surface area contributed by atoms with E-state index in [9.17, 15) is 9.59 Å². The first-order valence-electron chi connectivity index (χ1n) is 10.1. The van der Waals surface area contributed by atoms with Gasteiger partial charge in [0.1, 0.15) is 0 Å². The maximum atomic E-state index is 12.0. The van der Waals surface area contributed by atoms with Crippen molar-refractivity contribution in [3.05, 3.63) is 53.3 Å². The topological polar surface area (TPSA) is 118 Å². The number of nitrogens with zero attached hydrogens (tertiary/aromatic N) is 4. The van der Waals surface area contributed by atoms with Crippen LogP contribution < -0.4 is 16.4 Å². The SMILES string of the molecule is CCNC(=NCc1ccc(C(=O)NCC(N)=O)cc1)N1CCC(c2cnn(C)c2)C1. The zero-order valence-electron chi connectivity index (χ0n) is 17.5. The molecule has 2 amide bonds. The summed E-state index contributed by atoms with van der Waals surface area (Å²) >= 11 is 0. The maximum absolute atomic E-state index is 12.0. The monoisotopic (exact) mass is 411 g/mol. The molecule has 1 aliphatic rings. The Balaban J connectivity index is 1.60. The summed E-state index contributed by atoms with van der Waals surface area (Å²) in [6, 6.07) is 7.19. The van der Waals surface area contributed by atoms with Crippen LogP contribution >= 0.6 is 0 Å². The Labute approximate surface area is 176 Å². The van der Waals surface area contributed by atoms with Crippen LogP contribution in [0, 0.1) is 0 Å². The largest absolute Gasteiger partial charge is 0.368 e. The van der Waals surface area contributed by atoms with Crippen molar-refractivity contribution in [3.63, 3.8) is 0 Å². The lowest BCUT2D eigenvalue weighted by Crippen LogP contribution is -2.40. The summed E-state index contributed by atoms with van der Waals surface area (Å²) in [7, 11) is 1.94. The van der Waals surface area contributed by atoms with Crippen molar-refractivity contribution in [2.45, 2.75) is 25.8 Å². The van der Waals surface area contributed by atoms with Gasteiger partial charge in [0.2, 0.25) is 5.91 Å². The van der Waals surface area contributed by atoms with E-state index < -0.39 is 5.91 Å². The van der Waals surface area contributed by atoms with E-state index >= 15 is 0 Å². The second-order valence-electron chi connectivity index (χ2n) is 7.40. The number of amides is 2. The second-order valence-corrected chi connectivity index (χ2v) is 7.40. The third-order valence-electron chi connectivity index (χ3n) is 5.07. The number of nitrogens with two attached hydrogens (primary N) is 1. The van der Waals surface area contributed by atoms with E-state index in [-0.39, 0.29) is 12.5 Å². The highest BCUT2D eigenvalue weighted by molar-refractivity contribution is 5.96. The lowest BCUT2D eigenvalue weighted by atomic mass is 10.0. The van der Waals surface area contributed by atoms with Gasteiger partial charge in [0.25, 0.3) is 5.91 Å². The number of aliphatic imine (C=N–C) groups is 1. The molecule has 1 unspecified atom stereocenters. The van der Waals surface area contributed by atoms with Crippen LogP contribution in [0.1, 0.15) is 40.7 Å². The average Bonchev–Trinajstić information content (AvgIpc) is 3.39. The summed E-state index contributed by atoms with van der Waals surface area (Å²) in [6.07, 6.45) is 5.10. The van der Waals surface area contributed by atoms with Crippen LogP contribution in [-0.4, -0.2) is 58.6 Å². The molecule has 0 bridgehead atoms. The van der Waals surface area contributed by atoms with E-state index in [1.807, 2.05) is 30.1 Å². The summed E-state index contributed by atoms with van der Waals surface area (Å²) in [5.41, 5.74) is 7.79. The molecular formula is C21H29N7O2. The number of primary amides is 1. The van der Waals surface area contributed by atoms with E-state index in [2.05, 4.69) is 33.8 Å². The Morgan fingerprint density at radius 2 is 2.03 bits per heavy atom. The van der Waals surface area contributed by atoms with Gasteiger partial charge in [-0.05, 0) is 36.6 Å². The molecule has 1 aromatic carbocycles. The van der Waals surface area contributed by atoms with Gasteiger partial charge in [-0.15, -0.1) is 0 Å². The number of aryl methyl sites for hydroxylation is 1. The fourth-order valence-corrected chi connectivity index (χ4v) is 3.50. The van der Waals surface area contributed by atoms with E-state index in [4.69, 9.17) is 10.7 Å². The Morgan fingerprint density at radius 3 is 2.67 bits per heavy atom. The first-order valence-corrected chi connectivity index (χ1v) is 10.1. The molecule has 1 atom stereocenters. The van der Waals surface area contributed by atoms with Gasteiger partial charge >= 0.3 is 0 Å². The number of carbonyl (C=O) groups excluding carboxylic acids is 2. The molecule has 9 nitrogen and oxygen atoms in total. The van der Waals surface area contributed by atoms with Crippen LogP contribution in [-0.2, 0) is 18.4 Å². The van der Waals surface area contributed by atoms with E-state index in [1.54, 1.807) is 12.1 Å². The van der Waals surface area contributed by atoms with Crippen molar-refractivity contribution >= 4 is 17.8 Å². The molecule has 1 fully saturated rings. The summed E-state index contributed by atoms with van der Waals surface area (Å²) in [5.74, 6) is 0.460. The molecule has 0 spiro atoms. The second kappa shape index (κ2) is 9.91. The van der Waals surface area contributed by atoms with E-state index in [1.165, 1.54) is 5.56 Å². The van der Waals surface area contributed by atoms with Gasteiger partial charge in [-0.25, -0.2) is 4.99 Å². The Bertz CT molecular complexity index is 904. The highest BCUT2D eigenvalue weighted by Gasteiger charge is 2.26. The van der Waals surface area contributed by atoms with Gasteiger partial charge in [-0.3, -0.25) is 14.3 Å². The molecule has 4 N–H and O–H groups in total. The van der Waals surface area contributed by atoms with Gasteiger partial charge in [0, 0.05) is 44.4 Å². The van der Waals surface area contributed by atoms with Crippen LogP contribution in [0.25, 0.3) is 0 Å². The molecule has 1 aromatic heterocycles. The number of aromatic nitrogens is 2. The van der Waals surface area contributed by atoms with Crippen molar-refractivity contribution in [2.24, 2.45) is 17.8 Å². The van der Waals surface area contributed by atoms with Gasteiger partial charge in [0.15, 0.2) is 5.96 Å². The Kier molecular flexibility index (Phi) is 7.05. The zero-order valence-corrected chi connectivity index (χ0v) is 17.5. The number of guanidine groups is 1. The molecule has 0 saturated carbocycles. The number of hydrogen-bond acceptors (Lipinski definition) is 4. The highest BCUT2D eigenvalue weighted by atomic mass is 16.2. The molecular weight excluding hydrogens is 382 g/mol. The molecule has 3 rings (SSSR count). The predicted molar refractivity (Wildman–Crippen MR) is 115 cm³/mol. The first kappa shape index (κ1) is 21.4. The molecule has 2 aromatic rings. The number of rotatable bonds is 7. The Hall–Kier alpha value is -3.36. The fraction of sp³-hybridized carbons (Fsp3) is 0.429. The van der Waals surface area contributed by atoms with Crippen LogP contribution in [0.3, 0.4) is 0 Å². The predicted octanol–water partition coefficient (Wildman–Crippen LogP) is 0.590. The Morgan fingerprint density at radius 1 is 1.27 bits per heavy atom. The minimum atomic E-state index is -0.571. The molecule has 0 aliphatic carbocycles. The molecule has 2 heterocycles. The minimum Gasteiger partial charge on any atom is -0.368 e. The van der Waals surface area contributed by atoms with Crippen molar-refractivity contribution < 1.29 is 9.59 Å². The number of likely N-dealkylation sites (tertiary alicyclic amines) is 1. The van der Waals surface area contributed by atoms with Gasteiger partial charge in [0.05, 0.1) is 19.3 Å². The lowest BCUT2D eigenvalue weighted by molar-refractivity contribution is -0.117. The number of hydrogen-bond donors (Lipinski definition) is 3. The molecule has 1 saturated heterocycles. The van der Waals surface area contributed by atoms with Gasteiger partial charge in [-0.2, -0.15) is 5.10 Å². The van der Waals surface area contributed by atoms with Crippen LogP contribution in [0.5, 0.6) is 0 Å². The zero-order chi connectivity index (χ0) is 21.5. The van der Waals surface area contributed by atoms with Crippen LogP contribution in [0.2, 0.25) is 0 Å². The van der Waals surface area contributed by atoms with Gasteiger partial charge in [-0.1, -0.05) is 12.1 Å². The third kappa shape index (κ3) is 5.59. The van der Waals surface area contributed by atoms with Crippen molar-refractivity contribution in [1.82, 2.24) is 25.3 Å². The summed E-state index contributed by atoms with van der Waals surface area (Å²) in [5, 5.41) is 10.1. The van der Waals surface area contributed by atoms with Crippen molar-refractivity contribution in [3.8, 4) is 0 Å². The maximum Gasteiger partial charge on any atom is 0.251 e. The highest BCUT2D eigenvalue weighted by Crippen LogP contribution is 2.26. The summed E-state index contributed by atoms with van der Waals surface area (Å²) < 4.78 is 1.84. The van der Waals surface area contributed by atoms with E-state index in [0.717, 1.165) is 37.6 Å². The van der Waals surface area contributed by atoms with Gasteiger partial charge < -0.3 is 21.3 Å². The molecule has 0 radical (unpaired) electrons. The smallest absolute Gasteiger partial charge is 0.251 e. The van der Waals surface area contributed by atoms with Crippen molar-refractivity contribution in [2.75, 3.05) is 26.2 Å². The summed E-state index contributed by atoms with van der Waals surface area (Å²) in [4.78, 5) is 29.8. The number of carbonyl (C=O) groups is 2. The molecule has 1 aliphatic heterocycles. The van der Waals surface area contributed by atoms with E-state index in [0.29, 0.717) is 18.0 Å². The van der Waals surface area contributed by atoms with Crippen LogP contribution in [0.4, 0.5) is 0 Å². The standard InChI is InChI=1S/C21H29N7O2/c1-3-23-21(28-9-8-17(14-28)18-11-26-27(2)13-18)25-10-15-4-6-16(7-5-15)20(30)24-12-19(22)29/h4-7,11,13,17H,3,8-10,12,14H2,1-2H3,(H2,22,29)(H,23,25)(H,24,30). The minimum absolute atomic E-state index is 0.174. The lowest BCUT2D eigenvalue weighted by Gasteiger charge is -2.21. The third-order valence-corrected chi connectivity index (χ3v) is 5.07. The number of nitrogens with one attached hydrogen (secondary N) is 2. The summed E-state index contributed by atoms with van der Waals surface area (Å²) in [6.45, 7) is 5.06. The van der Waals surface area contributed by atoms with Crippen molar-refractivity contribution in [1.29, 1.82) is 0 Å². The molecule has 9 heteroatoms. The first-order chi connectivity index (χ1) is 14.5. The molecule has 160 valence electrons. The normalized spacial score (nSPS) is 16.5. The average molecular weight is 412 g/mol. The quantitative estimate of drug-likeness (QED) is 0.455. The molecule has 30 heavy (non-hydrogen) atoms. The van der Waals surface area contributed by atoms with Crippen LogP contribution in [0.15, 0.2) is 41.7 Å².